The van der Waals surface area contributed by atoms with Gasteiger partial charge in [0.15, 0.2) is 14.7 Å². The summed E-state index contributed by atoms with van der Waals surface area (Å²) in [5.74, 6) is -0.598. The second-order valence-electron chi connectivity index (χ2n) is 2.58. The first-order valence-corrected chi connectivity index (χ1v) is 5.21. The summed E-state index contributed by atoms with van der Waals surface area (Å²) in [6, 6.07) is 0. The van der Waals surface area contributed by atoms with E-state index in [1.807, 2.05) is 0 Å². The van der Waals surface area contributed by atoms with Gasteiger partial charge in [-0.2, -0.15) is 4.98 Å². The van der Waals surface area contributed by atoms with Gasteiger partial charge in [0.25, 0.3) is 5.56 Å². The number of aromatic hydroxyl groups is 1. The van der Waals surface area contributed by atoms with E-state index in [0.717, 1.165) is 6.26 Å². The molecule has 0 aromatic carbocycles. The fraction of sp³-hybridized carbons (Fsp3) is 0.333. The predicted octanol–water partition coefficient (Wildman–Crippen LogP) is -0.813. The Labute approximate surface area is 74.2 Å². The smallest absolute Gasteiger partial charge is 0.273 e. The highest BCUT2D eigenvalue weighted by molar-refractivity contribution is 7.90. The number of nitrogens with one attached hydrogen (secondary N) is 1. The number of hydrogen-bond acceptors (Lipinski definition) is 5. The normalized spacial score (nSPS) is 11.5. The number of aromatic nitrogens is 2. The second-order valence-corrected chi connectivity index (χ2v) is 4.53. The molecule has 0 spiro atoms. The fourth-order valence-electron chi connectivity index (χ4n) is 0.894. The molecule has 0 amide bonds. The largest absolute Gasteiger partial charge is 0.492 e. The summed E-state index contributed by atoms with van der Waals surface area (Å²) in [5.41, 5.74) is -0.854. The van der Waals surface area contributed by atoms with Crippen molar-refractivity contribution in [1.29, 1.82) is 0 Å². The zero-order valence-electron chi connectivity index (χ0n) is 7.03. The lowest BCUT2D eigenvalue weighted by Gasteiger charge is -2.00. The van der Waals surface area contributed by atoms with Crippen LogP contribution in [0.4, 0.5) is 0 Å². The van der Waals surface area contributed by atoms with Crippen molar-refractivity contribution in [3.63, 3.8) is 0 Å². The van der Waals surface area contributed by atoms with E-state index in [1.165, 1.54) is 6.92 Å². The quantitative estimate of drug-likeness (QED) is 0.623. The van der Waals surface area contributed by atoms with Gasteiger partial charge in [-0.25, -0.2) is 8.42 Å². The van der Waals surface area contributed by atoms with Crippen LogP contribution in [-0.2, 0) is 9.84 Å². The van der Waals surface area contributed by atoms with Gasteiger partial charge in [0.1, 0.15) is 5.82 Å². The van der Waals surface area contributed by atoms with Gasteiger partial charge in [0.2, 0.25) is 5.88 Å². The third-order valence-corrected chi connectivity index (χ3v) is 2.46. The highest BCUT2D eigenvalue weighted by Gasteiger charge is 2.19. The maximum absolute atomic E-state index is 11.1. The average molecular weight is 204 g/mol. The van der Waals surface area contributed by atoms with Gasteiger partial charge in [-0.15, -0.1) is 0 Å². The van der Waals surface area contributed by atoms with Crippen molar-refractivity contribution in [2.24, 2.45) is 0 Å². The van der Waals surface area contributed by atoms with Crippen molar-refractivity contribution < 1.29 is 13.5 Å². The predicted molar refractivity (Wildman–Crippen MR) is 44.4 cm³/mol. The third kappa shape index (κ3) is 1.86. The first kappa shape index (κ1) is 9.72. The number of hydrogen-bond donors (Lipinski definition) is 2. The van der Waals surface area contributed by atoms with Gasteiger partial charge in [0, 0.05) is 6.26 Å². The Hall–Kier alpha value is -1.37. The highest BCUT2D eigenvalue weighted by Crippen LogP contribution is 2.13. The summed E-state index contributed by atoms with van der Waals surface area (Å²) in [6.07, 6.45) is 0.828. The molecule has 13 heavy (non-hydrogen) atoms. The first-order chi connectivity index (χ1) is 5.82. The van der Waals surface area contributed by atoms with Gasteiger partial charge >= 0.3 is 0 Å². The number of H-pyrrole nitrogens is 1. The maximum atomic E-state index is 11.1. The van der Waals surface area contributed by atoms with Crippen LogP contribution >= 0.6 is 0 Å². The summed E-state index contributed by atoms with van der Waals surface area (Å²) >= 11 is 0. The molecule has 1 heterocycles. The van der Waals surface area contributed by atoms with Crippen molar-refractivity contribution in [3.8, 4) is 5.88 Å². The molecule has 0 saturated carbocycles. The van der Waals surface area contributed by atoms with E-state index in [1.54, 1.807) is 0 Å². The molecule has 6 nitrogen and oxygen atoms in total. The van der Waals surface area contributed by atoms with E-state index < -0.39 is 26.2 Å². The molecule has 1 aromatic rings. The topological polar surface area (TPSA) is 100 Å². The number of nitrogens with zero attached hydrogens (tertiary/aromatic N) is 1. The summed E-state index contributed by atoms with van der Waals surface area (Å²) in [7, 11) is -3.74. The van der Waals surface area contributed by atoms with Crippen LogP contribution in [0.25, 0.3) is 0 Å². The van der Waals surface area contributed by atoms with E-state index in [9.17, 15) is 13.2 Å². The molecule has 1 aromatic heterocycles. The molecule has 0 aliphatic carbocycles. The van der Waals surface area contributed by atoms with Gasteiger partial charge in [0.05, 0.1) is 0 Å². The van der Waals surface area contributed by atoms with Gasteiger partial charge in [-0.1, -0.05) is 0 Å². The van der Waals surface area contributed by atoms with Gasteiger partial charge < -0.3 is 10.1 Å². The van der Waals surface area contributed by atoms with E-state index in [-0.39, 0.29) is 5.82 Å². The molecule has 0 atom stereocenters. The Bertz CT molecular complexity index is 488. The van der Waals surface area contributed by atoms with Crippen molar-refractivity contribution in [2.75, 3.05) is 6.26 Å². The molecule has 0 saturated heterocycles. The molecular formula is C6H8N2O4S. The molecule has 0 aliphatic heterocycles. The number of aromatic amines is 1. The standard InChI is InChI=1S/C6H8N2O4S/c1-3-7-5(9)4(6(10)8-3)13(2,11)12/h1-2H3,(H2,7,8,9,10). The Kier molecular flexibility index (Phi) is 2.12. The molecule has 0 unspecified atom stereocenters. The zero-order chi connectivity index (χ0) is 10.2. The monoisotopic (exact) mass is 204 g/mol. The lowest BCUT2D eigenvalue weighted by molar-refractivity contribution is 0.430. The van der Waals surface area contributed by atoms with Crippen LogP contribution in [0.15, 0.2) is 9.69 Å². The lowest BCUT2D eigenvalue weighted by Crippen LogP contribution is -2.18. The van der Waals surface area contributed by atoms with Crippen molar-refractivity contribution in [2.45, 2.75) is 11.8 Å². The summed E-state index contributed by atoms with van der Waals surface area (Å²) < 4.78 is 21.9. The van der Waals surface area contributed by atoms with Crippen LogP contribution in [0.1, 0.15) is 5.82 Å². The Morgan fingerprint density at radius 2 is 2.00 bits per heavy atom. The molecular weight excluding hydrogens is 196 g/mol. The fourth-order valence-corrected chi connectivity index (χ4v) is 1.66. The van der Waals surface area contributed by atoms with E-state index in [2.05, 4.69) is 9.97 Å². The molecule has 7 heteroatoms. The molecule has 2 N–H and O–H groups in total. The second kappa shape index (κ2) is 2.84. The Balaban J connectivity index is 3.67. The van der Waals surface area contributed by atoms with Crippen LogP contribution in [0, 0.1) is 6.92 Å². The average Bonchev–Trinajstić information content (AvgIpc) is 1.78. The van der Waals surface area contributed by atoms with Crippen LogP contribution < -0.4 is 5.56 Å². The van der Waals surface area contributed by atoms with E-state index in [0.29, 0.717) is 0 Å². The van der Waals surface area contributed by atoms with Crippen LogP contribution in [0.3, 0.4) is 0 Å². The first-order valence-electron chi connectivity index (χ1n) is 3.32. The van der Waals surface area contributed by atoms with Crippen LogP contribution in [0.5, 0.6) is 5.88 Å². The van der Waals surface area contributed by atoms with Gasteiger partial charge in [-0.3, -0.25) is 4.79 Å². The SMILES string of the molecule is Cc1nc(O)c(S(C)(=O)=O)c(=O)[nH]1. The summed E-state index contributed by atoms with van der Waals surface area (Å²) in [5, 5.41) is 9.10. The highest BCUT2D eigenvalue weighted by atomic mass is 32.2. The van der Waals surface area contributed by atoms with Crippen LogP contribution in [0.2, 0.25) is 0 Å². The van der Waals surface area contributed by atoms with Crippen molar-refractivity contribution >= 4 is 9.84 Å². The number of sulfone groups is 1. The third-order valence-electron chi connectivity index (χ3n) is 1.35. The van der Waals surface area contributed by atoms with Crippen LogP contribution in [-0.4, -0.2) is 29.7 Å². The summed E-state index contributed by atoms with van der Waals surface area (Å²) in [4.78, 5) is 16.0. The van der Waals surface area contributed by atoms with Crippen molar-refractivity contribution in [3.05, 3.63) is 16.2 Å². The van der Waals surface area contributed by atoms with Gasteiger partial charge in [-0.05, 0) is 6.92 Å². The minimum absolute atomic E-state index is 0.162. The Morgan fingerprint density at radius 3 is 2.38 bits per heavy atom. The molecule has 0 radical (unpaired) electrons. The van der Waals surface area contributed by atoms with E-state index >= 15 is 0 Å². The molecule has 0 fully saturated rings. The van der Waals surface area contributed by atoms with E-state index in [4.69, 9.17) is 5.11 Å². The Morgan fingerprint density at radius 1 is 1.46 bits per heavy atom. The number of aryl methyl sites for hydroxylation is 1. The lowest BCUT2D eigenvalue weighted by atomic mass is 10.5. The minimum Gasteiger partial charge on any atom is -0.492 e. The molecule has 1 rings (SSSR count). The number of rotatable bonds is 1. The summed E-state index contributed by atoms with van der Waals surface area (Å²) in [6.45, 7) is 1.44. The minimum atomic E-state index is -3.74. The molecule has 0 bridgehead atoms. The molecule has 0 aliphatic rings. The maximum Gasteiger partial charge on any atom is 0.273 e. The van der Waals surface area contributed by atoms with Crippen molar-refractivity contribution in [1.82, 2.24) is 9.97 Å². The zero-order valence-corrected chi connectivity index (χ0v) is 7.84. The molecule has 72 valence electrons.